The summed E-state index contributed by atoms with van der Waals surface area (Å²) in [4.78, 5) is 15.2. The molecule has 1 aromatic heterocycles. The van der Waals surface area contributed by atoms with E-state index in [1.54, 1.807) is 24.3 Å². The summed E-state index contributed by atoms with van der Waals surface area (Å²) >= 11 is 0.670. The second-order valence-electron chi connectivity index (χ2n) is 6.65. The van der Waals surface area contributed by atoms with Crippen LogP contribution >= 0.6 is 11.8 Å². The van der Waals surface area contributed by atoms with Crippen molar-refractivity contribution < 1.29 is 35.9 Å². The number of esters is 1. The van der Waals surface area contributed by atoms with Gasteiger partial charge in [-0.3, -0.25) is 0 Å². The number of hydrogen-bond donors (Lipinski definition) is 0. The molecule has 0 spiro atoms. The zero-order valence-electron chi connectivity index (χ0n) is 16.5. The molecule has 1 aromatic carbocycles. The number of pyridine rings is 1. The average Bonchev–Trinajstić information content (AvgIpc) is 2.61. The first-order valence-electron chi connectivity index (χ1n) is 8.91. The summed E-state index contributed by atoms with van der Waals surface area (Å²) in [6.45, 7) is 5.82. The maximum Gasteiger partial charge on any atom is 0.434 e. The van der Waals surface area contributed by atoms with Crippen molar-refractivity contribution in [2.45, 2.75) is 55.8 Å². The van der Waals surface area contributed by atoms with Gasteiger partial charge in [0, 0.05) is 9.79 Å². The summed E-state index contributed by atoms with van der Waals surface area (Å²) in [5, 5.41) is 0. The maximum atomic E-state index is 13.6. The van der Waals surface area contributed by atoms with E-state index in [0.717, 1.165) is 12.5 Å². The fourth-order valence-electron chi connectivity index (χ4n) is 2.82. The van der Waals surface area contributed by atoms with Crippen LogP contribution in [0, 0.1) is 6.92 Å². The van der Waals surface area contributed by atoms with Gasteiger partial charge in [0.05, 0.1) is 6.61 Å². The third kappa shape index (κ3) is 5.08. The van der Waals surface area contributed by atoms with E-state index in [2.05, 4.69) is 4.98 Å². The number of benzene rings is 1. The molecule has 0 radical (unpaired) electrons. The van der Waals surface area contributed by atoms with E-state index in [1.807, 2.05) is 13.8 Å². The molecule has 0 fully saturated rings. The van der Waals surface area contributed by atoms with Gasteiger partial charge < -0.3 is 4.74 Å². The lowest BCUT2D eigenvalue weighted by atomic mass is 10.0. The summed E-state index contributed by atoms with van der Waals surface area (Å²) in [6, 6.07) is 6.63. The summed E-state index contributed by atoms with van der Waals surface area (Å²) < 4.78 is 86.0. The molecule has 0 atom stereocenters. The maximum absolute atomic E-state index is 13.6. The third-order valence-corrected chi connectivity index (χ3v) is 5.46. The highest BCUT2D eigenvalue weighted by Crippen LogP contribution is 2.45. The zero-order valence-corrected chi connectivity index (χ0v) is 17.4. The van der Waals surface area contributed by atoms with E-state index in [4.69, 9.17) is 4.74 Å². The van der Waals surface area contributed by atoms with Gasteiger partial charge in [-0.25, -0.2) is 9.78 Å². The van der Waals surface area contributed by atoms with E-state index < -0.39 is 45.7 Å². The van der Waals surface area contributed by atoms with Crippen LogP contribution in [0.4, 0.5) is 26.3 Å². The number of carbonyl (C=O) groups excluding carboxylic acids is 1. The Morgan fingerprint density at radius 2 is 1.63 bits per heavy atom. The number of halogens is 6. The molecule has 0 unspecified atom stereocenters. The number of ether oxygens (including phenoxy) is 1. The van der Waals surface area contributed by atoms with Crippen molar-refractivity contribution in [3.8, 4) is 0 Å². The molecule has 10 heteroatoms. The van der Waals surface area contributed by atoms with Gasteiger partial charge in [-0.2, -0.15) is 26.3 Å². The number of rotatable bonds is 5. The SMILES string of the molecule is CCOC(=O)c1c(C(F)(F)F)nc(C(F)(F)F)c(C)c1Sc1ccccc1C(C)C. The molecule has 2 rings (SSSR count). The minimum absolute atomic E-state index is 0.0499. The molecule has 3 nitrogen and oxygen atoms in total. The highest BCUT2D eigenvalue weighted by Gasteiger charge is 2.45. The summed E-state index contributed by atoms with van der Waals surface area (Å²) in [5.41, 5.74) is -4.47. The number of aromatic nitrogens is 1. The quantitative estimate of drug-likeness (QED) is 0.367. The fourth-order valence-corrected chi connectivity index (χ4v) is 4.14. The predicted molar refractivity (Wildman–Crippen MR) is 99.6 cm³/mol. The lowest BCUT2D eigenvalue weighted by Crippen LogP contribution is -2.23. The molecular formula is C20H19F6NO2S. The highest BCUT2D eigenvalue weighted by atomic mass is 32.2. The Balaban J connectivity index is 2.89. The molecule has 164 valence electrons. The topological polar surface area (TPSA) is 39.2 Å². The van der Waals surface area contributed by atoms with Crippen molar-refractivity contribution in [3.05, 3.63) is 52.3 Å². The molecule has 30 heavy (non-hydrogen) atoms. The van der Waals surface area contributed by atoms with Crippen LogP contribution in [0.15, 0.2) is 34.1 Å². The normalized spacial score (nSPS) is 12.4. The largest absolute Gasteiger partial charge is 0.462 e. The Hall–Kier alpha value is -2.23. The van der Waals surface area contributed by atoms with Crippen molar-refractivity contribution in [3.63, 3.8) is 0 Å². The van der Waals surface area contributed by atoms with Crippen LogP contribution in [0.2, 0.25) is 0 Å². The highest BCUT2D eigenvalue weighted by molar-refractivity contribution is 7.99. The van der Waals surface area contributed by atoms with E-state index in [-0.39, 0.29) is 12.5 Å². The zero-order chi connectivity index (χ0) is 22.9. The molecule has 0 saturated heterocycles. The first kappa shape index (κ1) is 24.0. The Kier molecular flexibility index (Phi) is 7.11. The molecule has 0 saturated carbocycles. The van der Waals surface area contributed by atoms with Gasteiger partial charge in [-0.15, -0.1) is 0 Å². The van der Waals surface area contributed by atoms with E-state index in [1.165, 1.54) is 6.92 Å². The third-order valence-electron chi connectivity index (χ3n) is 4.15. The second kappa shape index (κ2) is 8.87. The first-order chi connectivity index (χ1) is 13.8. The lowest BCUT2D eigenvalue weighted by molar-refractivity contribution is -0.151. The predicted octanol–water partition coefficient (Wildman–Crippen LogP) is 6.88. The van der Waals surface area contributed by atoms with Crippen LogP contribution in [0.5, 0.6) is 0 Å². The van der Waals surface area contributed by atoms with Gasteiger partial charge in [0.25, 0.3) is 0 Å². The van der Waals surface area contributed by atoms with Crippen molar-refractivity contribution in [2.24, 2.45) is 0 Å². The smallest absolute Gasteiger partial charge is 0.434 e. The van der Waals surface area contributed by atoms with Crippen molar-refractivity contribution >= 4 is 17.7 Å². The van der Waals surface area contributed by atoms with Crippen molar-refractivity contribution in [1.82, 2.24) is 4.98 Å². The van der Waals surface area contributed by atoms with Crippen molar-refractivity contribution in [1.29, 1.82) is 0 Å². The van der Waals surface area contributed by atoms with Crippen molar-refractivity contribution in [2.75, 3.05) is 6.61 Å². The van der Waals surface area contributed by atoms with Crippen LogP contribution in [0.1, 0.15) is 59.6 Å². The molecule has 0 amide bonds. The number of carbonyl (C=O) groups is 1. The Morgan fingerprint density at radius 3 is 2.13 bits per heavy atom. The lowest BCUT2D eigenvalue weighted by Gasteiger charge is -2.21. The van der Waals surface area contributed by atoms with Gasteiger partial charge >= 0.3 is 18.3 Å². The van der Waals surface area contributed by atoms with Gasteiger partial charge in [0.2, 0.25) is 0 Å². The molecule has 1 heterocycles. The minimum atomic E-state index is -5.29. The van der Waals surface area contributed by atoms with Gasteiger partial charge in [-0.05, 0) is 37.0 Å². The van der Waals surface area contributed by atoms with Crippen LogP contribution in [-0.4, -0.2) is 17.6 Å². The average molecular weight is 451 g/mol. The van der Waals surface area contributed by atoms with Crippen LogP contribution in [-0.2, 0) is 17.1 Å². The van der Waals surface area contributed by atoms with E-state index >= 15 is 0 Å². The monoisotopic (exact) mass is 451 g/mol. The van der Waals surface area contributed by atoms with Gasteiger partial charge in [-0.1, -0.05) is 43.8 Å². The molecule has 2 aromatic rings. The Labute approximate surface area is 173 Å². The molecule has 0 aliphatic rings. The molecule has 0 bridgehead atoms. The summed E-state index contributed by atoms with van der Waals surface area (Å²) in [7, 11) is 0. The van der Waals surface area contributed by atoms with Crippen LogP contribution < -0.4 is 0 Å². The second-order valence-corrected chi connectivity index (χ2v) is 7.70. The van der Waals surface area contributed by atoms with Crippen LogP contribution in [0.25, 0.3) is 0 Å². The van der Waals surface area contributed by atoms with E-state index in [9.17, 15) is 31.1 Å². The molecule has 0 N–H and O–H groups in total. The van der Waals surface area contributed by atoms with E-state index in [0.29, 0.717) is 16.7 Å². The Bertz CT molecular complexity index is 938. The standard InChI is InChI=1S/C20H19F6NO2S/c1-5-29-18(28)14-15(30-13-9-7-6-8-12(13)10(2)3)11(4)16(19(21,22)23)27-17(14)20(24,25)26/h6-10H,5H2,1-4H3. The fraction of sp³-hybridized carbons (Fsp3) is 0.400. The first-order valence-corrected chi connectivity index (χ1v) is 9.73. The number of nitrogens with zero attached hydrogens (tertiary/aromatic N) is 1. The summed E-state index contributed by atoms with van der Waals surface area (Å²) in [5.74, 6) is -1.43. The minimum Gasteiger partial charge on any atom is -0.462 e. The van der Waals surface area contributed by atoms with Gasteiger partial charge in [0.1, 0.15) is 11.3 Å². The Morgan fingerprint density at radius 1 is 1.07 bits per heavy atom. The number of hydrogen-bond acceptors (Lipinski definition) is 4. The van der Waals surface area contributed by atoms with Gasteiger partial charge in [0.15, 0.2) is 5.69 Å². The van der Waals surface area contributed by atoms with Crippen LogP contribution in [0.3, 0.4) is 0 Å². The molecule has 0 aliphatic heterocycles. The summed E-state index contributed by atoms with van der Waals surface area (Å²) in [6.07, 6.45) is -10.4. The molecular weight excluding hydrogens is 432 g/mol. The number of alkyl halides is 6. The molecule has 0 aliphatic carbocycles.